The molecule has 1 rings (SSSR count). The smallest absolute Gasteiger partial charge is 0.308 e. The Morgan fingerprint density at radius 3 is 2.88 bits per heavy atom. The number of nitrogens with zero attached hydrogens (tertiary/aromatic N) is 1. The highest BCUT2D eigenvalue weighted by Gasteiger charge is 2.14. The maximum atomic E-state index is 11.6. The van der Waals surface area contributed by atoms with Gasteiger partial charge in [-0.25, -0.2) is 0 Å². The van der Waals surface area contributed by atoms with Gasteiger partial charge in [0, 0.05) is 12.2 Å². The molecule has 1 atom stereocenters. The maximum Gasteiger partial charge on any atom is 0.308 e. The Balaban J connectivity index is 2.49. The fourth-order valence-corrected chi connectivity index (χ4v) is 1.30. The summed E-state index contributed by atoms with van der Waals surface area (Å²) in [7, 11) is 0. The lowest BCUT2D eigenvalue weighted by Gasteiger charge is -2.06. The summed E-state index contributed by atoms with van der Waals surface area (Å²) in [5.41, 5.74) is 1.20. The number of hydrogen-bond donors (Lipinski definition) is 3. The Morgan fingerprint density at radius 1 is 1.59 bits per heavy atom. The van der Waals surface area contributed by atoms with Crippen LogP contribution in [0.5, 0.6) is 0 Å². The molecule has 94 valence electrons. The standard InChI is InChI=1S/C11H17N3O3/c1-3-4-8-5-9(14-13-8)10(15)12-6-7(2)11(16)17/h5,7H,3-4,6H2,1-2H3,(H,12,15)(H,13,14)(H,16,17). The summed E-state index contributed by atoms with van der Waals surface area (Å²) < 4.78 is 0. The first kappa shape index (κ1) is 13.2. The summed E-state index contributed by atoms with van der Waals surface area (Å²) in [6, 6.07) is 1.68. The molecular formula is C11H17N3O3. The van der Waals surface area contributed by atoms with Crippen LogP contribution in [0.4, 0.5) is 0 Å². The topological polar surface area (TPSA) is 95.1 Å². The number of carboxylic acids is 1. The molecule has 0 saturated heterocycles. The second-order valence-corrected chi connectivity index (χ2v) is 3.98. The van der Waals surface area contributed by atoms with E-state index in [1.165, 1.54) is 6.92 Å². The first-order valence-electron chi connectivity index (χ1n) is 5.59. The van der Waals surface area contributed by atoms with Crippen molar-refractivity contribution in [3.8, 4) is 0 Å². The van der Waals surface area contributed by atoms with E-state index >= 15 is 0 Å². The van der Waals surface area contributed by atoms with Crippen molar-refractivity contribution >= 4 is 11.9 Å². The van der Waals surface area contributed by atoms with Gasteiger partial charge in [-0.3, -0.25) is 14.7 Å². The van der Waals surface area contributed by atoms with E-state index in [0.29, 0.717) is 5.69 Å². The Morgan fingerprint density at radius 2 is 2.29 bits per heavy atom. The van der Waals surface area contributed by atoms with E-state index in [0.717, 1.165) is 18.5 Å². The molecule has 17 heavy (non-hydrogen) atoms. The molecule has 1 heterocycles. The number of carbonyl (C=O) groups excluding carboxylic acids is 1. The van der Waals surface area contributed by atoms with Crippen molar-refractivity contribution in [2.75, 3.05) is 6.54 Å². The molecular weight excluding hydrogens is 222 g/mol. The highest BCUT2D eigenvalue weighted by Crippen LogP contribution is 2.02. The van der Waals surface area contributed by atoms with Gasteiger partial charge in [-0.1, -0.05) is 20.3 Å². The molecule has 0 aliphatic heterocycles. The van der Waals surface area contributed by atoms with Crippen LogP contribution in [0.25, 0.3) is 0 Å². The van der Waals surface area contributed by atoms with E-state index < -0.39 is 11.9 Å². The van der Waals surface area contributed by atoms with Gasteiger partial charge in [0.2, 0.25) is 0 Å². The van der Waals surface area contributed by atoms with Gasteiger partial charge >= 0.3 is 5.97 Å². The predicted octanol–water partition coefficient (Wildman–Crippen LogP) is 0.813. The minimum absolute atomic E-state index is 0.101. The lowest BCUT2D eigenvalue weighted by Crippen LogP contribution is -2.31. The minimum atomic E-state index is -0.931. The number of aryl methyl sites for hydroxylation is 1. The molecule has 0 radical (unpaired) electrons. The molecule has 0 saturated carbocycles. The molecule has 0 bridgehead atoms. The van der Waals surface area contributed by atoms with E-state index in [1.54, 1.807) is 6.07 Å². The Hall–Kier alpha value is -1.85. The monoisotopic (exact) mass is 239 g/mol. The third kappa shape index (κ3) is 3.90. The molecule has 1 aromatic rings. The van der Waals surface area contributed by atoms with Gasteiger partial charge in [0.05, 0.1) is 5.92 Å². The Bertz CT molecular complexity index is 400. The summed E-state index contributed by atoms with van der Waals surface area (Å²) >= 11 is 0. The number of amides is 1. The van der Waals surface area contributed by atoms with Crippen LogP contribution >= 0.6 is 0 Å². The van der Waals surface area contributed by atoms with E-state index in [4.69, 9.17) is 5.11 Å². The van der Waals surface area contributed by atoms with Crippen LogP contribution in [0.1, 0.15) is 36.5 Å². The summed E-state index contributed by atoms with van der Waals surface area (Å²) in [5.74, 6) is -1.89. The van der Waals surface area contributed by atoms with Gasteiger partial charge in [0.1, 0.15) is 5.69 Å². The normalized spacial score (nSPS) is 12.1. The number of nitrogens with one attached hydrogen (secondary N) is 2. The lowest BCUT2D eigenvalue weighted by atomic mass is 10.2. The fourth-order valence-electron chi connectivity index (χ4n) is 1.30. The Labute approximate surface area is 99.4 Å². The zero-order valence-corrected chi connectivity index (χ0v) is 9.99. The zero-order valence-electron chi connectivity index (χ0n) is 9.99. The minimum Gasteiger partial charge on any atom is -0.481 e. The van der Waals surface area contributed by atoms with Crippen molar-refractivity contribution in [3.63, 3.8) is 0 Å². The van der Waals surface area contributed by atoms with Crippen molar-refractivity contribution < 1.29 is 14.7 Å². The van der Waals surface area contributed by atoms with Crippen molar-refractivity contribution in [2.24, 2.45) is 5.92 Å². The maximum absolute atomic E-state index is 11.6. The Kier molecular flexibility index (Phi) is 4.68. The summed E-state index contributed by atoms with van der Waals surface area (Å²) in [6.07, 6.45) is 1.81. The zero-order chi connectivity index (χ0) is 12.8. The average Bonchev–Trinajstić information content (AvgIpc) is 2.74. The van der Waals surface area contributed by atoms with Gasteiger partial charge < -0.3 is 10.4 Å². The second-order valence-electron chi connectivity index (χ2n) is 3.98. The number of carbonyl (C=O) groups is 2. The molecule has 1 unspecified atom stereocenters. The van der Waals surface area contributed by atoms with Crippen LogP contribution in [0.3, 0.4) is 0 Å². The summed E-state index contributed by atoms with van der Waals surface area (Å²) in [6.45, 7) is 3.68. The molecule has 1 aromatic heterocycles. The third-order valence-electron chi connectivity index (χ3n) is 2.37. The third-order valence-corrected chi connectivity index (χ3v) is 2.37. The number of H-pyrrole nitrogens is 1. The number of aromatic amines is 1. The first-order chi connectivity index (χ1) is 8.04. The van der Waals surface area contributed by atoms with E-state index in [2.05, 4.69) is 15.5 Å². The van der Waals surface area contributed by atoms with Crippen LogP contribution in [-0.4, -0.2) is 33.7 Å². The van der Waals surface area contributed by atoms with Gasteiger partial charge in [0.15, 0.2) is 0 Å². The largest absolute Gasteiger partial charge is 0.481 e. The summed E-state index contributed by atoms with van der Waals surface area (Å²) in [4.78, 5) is 22.2. The van der Waals surface area contributed by atoms with Crippen LogP contribution < -0.4 is 5.32 Å². The predicted molar refractivity (Wildman–Crippen MR) is 61.7 cm³/mol. The highest BCUT2D eigenvalue weighted by molar-refractivity contribution is 5.92. The second kappa shape index (κ2) is 6.03. The lowest BCUT2D eigenvalue weighted by molar-refractivity contribution is -0.140. The molecule has 6 heteroatoms. The van der Waals surface area contributed by atoms with Gasteiger partial charge in [0.25, 0.3) is 5.91 Å². The first-order valence-corrected chi connectivity index (χ1v) is 5.59. The van der Waals surface area contributed by atoms with Crippen molar-refractivity contribution in [3.05, 3.63) is 17.5 Å². The van der Waals surface area contributed by atoms with E-state index in [1.807, 2.05) is 6.92 Å². The summed E-state index contributed by atoms with van der Waals surface area (Å²) in [5, 5.41) is 17.8. The van der Waals surface area contributed by atoms with Crippen LogP contribution in [0.15, 0.2) is 6.07 Å². The fraction of sp³-hybridized carbons (Fsp3) is 0.545. The average molecular weight is 239 g/mol. The molecule has 3 N–H and O–H groups in total. The van der Waals surface area contributed by atoms with Crippen molar-refractivity contribution in [2.45, 2.75) is 26.7 Å². The number of hydrogen-bond acceptors (Lipinski definition) is 3. The number of aromatic nitrogens is 2. The van der Waals surface area contributed by atoms with Crippen LogP contribution in [-0.2, 0) is 11.2 Å². The van der Waals surface area contributed by atoms with Gasteiger partial charge in [-0.2, -0.15) is 5.10 Å². The van der Waals surface area contributed by atoms with E-state index in [9.17, 15) is 9.59 Å². The molecule has 0 spiro atoms. The van der Waals surface area contributed by atoms with E-state index in [-0.39, 0.29) is 12.5 Å². The SMILES string of the molecule is CCCc1cc(C(=O)NCC(C)C(=O)O)n[nH]1. The van der Waals surface area contributed by atoms with Crippen molar-refractivity contribution in [1.29, 1.82) is 0 Å². The quantitative estimate of drug-likeness (QED) is 0.684. The molecule has 0 fully saturated rings. The van der Waals surface area contributed by atoms with Gasteiger partial charge in [-0.15, -0.1) is 0 Å². The van der Waals surface area contributed by atoms with Crippen LogP contribution in [0.2, 0.25) is 0 Å². The molecule has 0 aromatic carbocycles. The molecule has 1 amide bonds. The van der Waals surface area contributed by atoms with Crippen LogP contribution in [0, 0.1) is 5.92 Å². The van der Waals surface area contributed by atoms with Gasteiger partial charge in [-0.05, 0) is 12.5 Å². The number of rotatable bonds is 6. The molecule has 0 aliphatic carbocycles. The highest BCUT2D eigenvalue weighted by atomic mass is 16.4. The van der Waals surface area contributed by atoms with Crippen molar-refractivity contribution in [1.82, 2.24) is 15.5 Å². The number of aliphatic carboxylic acids is 1. The molecule has 6 nitrogen and oxygen atoms in total. The molecule has 0 aliphatic rings. The number of carboxylic acid groups (broad SMARTS) is 1.